The van der Waals surface area contributed by atoms with Gasteiger partial charge in [0, 0.05) is 19.0 Å². The lowest BCUT2D eigenvalue weighted by Crippen LogP contribution is -2.53. The zero-order chi connectivity index (χ0) is 31.9. The second kappa shape index (κ2) is 18.7. The second-order valence-electron chi connectivity index (χ2n) is 13.1. The first-order valence-electron chi connectivity index (χ1n) is 16.4. The van der Waals surface area contributed by atoms with Crippen LogP contribution in [0.25, 0.3) is 0 Å². The van der Waals surface area contributed by atoms with Gasteiger partial charge in [0.2, 0.25) is 17.6 Å². The summed E-state index contributed by atoms with van der Waals surface area (Å²) in [6.45, 7) is 14.0. The van der Waals surface area contributed by atoms with Crippen molar-refractivity contribution in [2.75, 3.05) is 13.1 Å². The maximum absolute atomic E-state index is 13.5. The van der Waals surface area contributed by atoms with Crippen molar-refractivity contribution in [2.24, 2.45) is 29.6 Å². The van der Waals surface area contributed by atoms with E-state index in [1.54, 1.807) is 6.92 Å². The highest BCUT2D eigenvalue weighted by molar-refractivity contribution is 6.38. The van der Waals surface area contributed by atoms with Crippen LogP contribution in [-0.2, 0) is 23.9 Å². The Hall–Kier alpha value is -2.91. The molecule has 4 unspecified atom stereocenters. The molecule has 0 aromatic heterocycles. The highest BCUT2D eigenvalue weighted by Crippen LogP contribution is 2.29. The van der Waals surface area contributed by atoms with Crippen molar-refractivity contribution in [3.63, 3.8) is 0 Å². The Bertz CT molecular complexity index is 948. The largest absolute Gasteiger partial charge is 0.446 e. The predicted molar refractivity (Wildman–Crippen MR) is 167 cm³/mol. The van der Waals surface area contributed by atoms with Gasteiger partial charge >= 0.3 is 6.09 Å². The Morgan fingerprint density at radius 1 is 0.930 bits per heavy atom. The Morgan fingerprint density at radius 2 is 1.63 bits per heavy atom. The van der Waals surface area contributed by atoms with Crippen LogP contribution in [0.2, 0.25) is 0 Å². The molecule has 0 heterocycles. The zero-order valence-corrected chi connectivity index (χ0v) is 27.0. The molecule has 6 atom stereocenters. The molecular formula is C33H56N4O6. The fraction of sp³-hybridized carbons (Fsp3) is 0.788. The molecule has 0 aromatic rings. The molecule has 0 aliphatic heterocycles. The number of amides is 4. The van der Waals surface area contributed by atoms with Crippen molar-refractivity contribution < 1.29 is 28.7 Å². The number of nitrogens with one attached hydrogen (secondary N) is 4. The lowest BCUT2D eigenvalue weighted by atomic mass is 9.83. The number of ketones is 1. The number of rotatable bonds is 17. The molecule has 10 heteroatoms. The number of Topliss-reactive ketones (excluding diaryl/α,β-unsaturated/α-hetero) is 1. The van der Waals surface area contributed by atoms with Crippen molar-refractivity contribution >= 4 is 29.6 Å². The molecule has 0 radical (unpaired) electrons. The number of carbonyl (C=O) groups excluding carboxylic acids is 5. The molecule has 0 spiro atoms. The van der Waals surface area contributed by atoms with Crippen molar-refractivity contribution in [3.05, 3.63) is 12.7 Å². The third-order valence-corrected chi connectivity index (χ3v) is 9.02. The monoisotopic (exact) mass is 604 g/mol. The number of carbonyl (C=O) groups is 5. The topological polar surface area (TPSA) is 143 Å². The average Bonchev–Trinajstić information content (AvgIpc) is 3.39. The average molecular weight is 605 g/mol. The molecule has 10 nitrogen and oxygen atoms in total. The summed E-state index contributed by atoms with van der Waals surface area (Å²) in [6, 6.07) is -1.55. The van der Waals surface area contributed by atoms with E-state index in [2.05, 4.69) is 34.8 Å². The lowest BCUT2D eigenvalue weighted by Gasteiger charge is -2.31. The van der Waals surface area contributed by atoms with Gasteiger partial charge in [0.05, 0.1) is 6.04 Å². The summed E-state index contributed by atoms with van der Waals surface area (Å²) in [5.74, 6) is -1.62. The summed E-state index contributed by atoms with van der Waals surface area (Å²) < 4.78 is 5.67. The summed E-state index contributed by atoms with van der Waals surface area (Å²) in [5.41, 5.74) is 0. The van der Waals surface area contributed by atoms with Gasteiger partial charge in [0.25, 0.3) is 5.91 Å². The highest BCUT2D eigenvalue weighted by Gasteiger charge is 2.34. The van der Waals surface area contributed by atoms with Gasteiger partial charge in [-0.15, -0.1) is 6.58 Å². The lowest BCUT2D eigenvalue weighted by molar-refractivity contribution is -0.140. The molecule has 0 bridgehead atoms. The van der Waals surface area contributed by atoms with Crippen LogP contribution < -0.4 is 21.3 Å². The van der Waals surface area contributed by atoms with E-state index in [9.17, 15) is 24.0 Å². The van der Waals surface area contributed by atoms with Crippen LogP contribution in [0.3, 0.4) is 0 Å². The van der Waals surface area contributed by atoms with Gasteiger partial charge in [-0.25, -0.2) is 4.79 Å². The van der Waals surface area contributed by atoms with Crippen LogP contribution >= 0.6 is 0 Å². The normalized spacial score (nSPS) is 21.6. The predicted octanol–water partition coefficient (Wildman–Crippen LogP) is 4.42. The van der Waals surface area contributed by atoms with Gasteiger partial charge in [-0.3, -0.25) is 19.2 Å². The fourth-order valence-electron chi connectivity index (χ4n) is 6.21. The first kappa shape index (κ1) is 36.3. The fourth-order valence-corrected chi connectivity index (χ4v) is 6.21. The third-order valence-electron chi connectivity index (χ3n) is 9.02. The van der Waals surface area contributed by atoms with E-state index in [4.69, 9.17) is 4.74 Å². The van der Waals surface area contributed by atoms with Gasteiger partial charge in [0.1, 0.15) is 12.1 Å². The van der Waals surface area contributed by atoms with Gasteiger partial charge in [-0.2, -0.15) is 0 Å². The zero-order valence-electron chi connectivity index (χ0n) is 27.0. The summed E-state index contributed by atoms with van der Waals surface area (Å²) >= 11 is 0. The first-order chi connectivity index (χ1) is 20.5. The Morgan fingerprint density at radius 3 is 2.21 bits per heavy atom. The molecule has 4 amide bonds. The van der Waals surface area contributed by atoms with Gasteiger partial charge in [-0.1, -0.05) is 66.4 Å². The van der Waals surface area contributed by atoms with Crippen LogP contribution in [0.4, 0.5) is 4.79 Å². The maximum atomic E-state index is 13.5. The van der Waals surface area contributed by atoms with Crippen LogP contribution in [0.1, 0.15) is 105 Å². The van der Waals surface area contributed by atoms with E-state index in [0.29, 0.717) is 31.7 Å². The van der Waals surface area contributed by atoms with Crippen molar-refractivity contribution in [2.45, 2.75) is 123 Å². The number of hydrogen-bond acceptors (Lipinski definition) is 6. The van der Waals surface area contributed by atoms with Crippen molar-refractivity contribution in [3.8, 4) is 0 Å². The Labute approximate surface area is 258 Å². The molecule has 2 fully saturated rings. The summed E-state index contributed by atoms with van der Waals surface area (Å²) in [7, 11) is 0. The minimum atomic E-state index is -0.892. The SMILES string of the molecule is C=CCNC(=O)C(=O)C(CCC)NC(=O)C(C)C[C@H](CNC(=O)[C@@H](NC(=O)OC1CCC(C)C1)C1CCCCC1)C(C)C. The summed E-state index contributed by atoms with van der Waals surface area (Å²) in [6.07, 6.45) is 10.1. The number of hydrogen-bond donors (Lipinski definition) is 4. The Kier molecular flexibility index (Phi) is 15.8. The molecule has 2 aliphatic rings. The maximum Gasteiger partial charge on any atom is 0.408 e. The second-order valence-corrected chi connectivity index (χ2v) is 13.1. The Balaban J connectivity index is 1.99. The van der Waals surface area contributed by atoms with Crippen LogP contribution in [-0.4, -0.2) is 60.9 Å². The third kappa shape index (κ3) is 12.3. The van der Waals surface area contributed by atoms with Crippen molar-refractivity contribution in [1.82, 2.24) is 21.3 Å². The molecule has 2 saturated carbocycles. The molecule has 2 rings (SSSR count). The van der Waals surface area contributed by atoms with E-state index < -0.39 is 35.8 Å². The summed E-state index contributed by atoms with van der Waals surface area (Å²) in [4.78, 5) is 64.2. The molecule has 0 aromatic carbocycles. The summed E-state index contributed by atoms with van der Waals surface area (Å²) in [5, 5.41) is 11.2. The van der Waals surface area contributed by atoms with Gasteiger partial charge < -0.3 is 26.0 Å². The number of alkyl carbamates (subject to hydrolysis) is 1. The van der Waals surface area contributed by atoms with E-state index in [0.717, 1.165) is 51.4 Å². The first-order valence-corrected chi connectivity index (χ1v) is 16.4. The minimum Gasteiger partial charge on any atom is -0.446 e. The van der Waals surface area contributed by atoms with E-state index in [1.165, 1.54) is 6.08 Å². The van der Waals surface area contributed by atoms with E-state index in [-0.39, 0.29) is 42.2 Å². The minimum absolute atomic E-state index is 0.0140. The van der Waals surface area contributed by atoms with Crippen LogP contribution in [0, 0.1) is 29.6 Å². The number of ether oxygens (including phenoxy) is 1. The quantitative estimate of drug-likeness (QED) is 0.143. The molecule has 2 aliphatic carbocycles. The van der Waals surface area contributed by atoms with Gasteiger partial charge in [-0.05, 0) is 68.6 Å². The van der Waals surface area contributed by atoms with Crippen LogP contribution in [0.5, 0.6) is 0 Å². The molecule has 4 N–H and O–H groups in total. The standard InChI is InChI=1S/C33H56N4O6/c1-7-12-27(29(38)32(41)34-17-8-2)36-30(39)23(6)19-25(21(3)4)20-35-31(40)28(24-13-10-9-11-14-24)37-33(42)43-26-16-15-22(5)18-26/h8,21-28H,2,7,9-20H2,1,3-6H3,(H,34,41)(H,35,40)(H,36,39)(H,37,42)/t22?,23?,25-,26?,27?,28+/m1/s1. The van der Waals surface area contributed by atoms with E-state index >= 15 is 0 Å². The molecule has 43 heavy (non-hydrogen) atoms. The molecule has 244 valence electrons. The van der Waals surface area contributed by atoms with Crippen molar-refractivity contribution in [1.29, 1.82) is 0 Å². The van der Waals surface area contributed by atoms with E-state index in [1.807, 2.05) is 20.8 Å². The molecular weight excluding hydrogens is 548 g/mol. The van der Waals surface area contributed by atoms with Gasteiger partial charge in [0.15, 0.2) is 0 Å². The highest BCUT2D eigenvalue weighted by atomic mass is 16.6. The van der Waals surface area contributed by atoms with Crippen LogP contribution in [0.15, 0.2) is 12.7 Å². The molecule has 0 saturated heterocycles. The smallest absolute Gasteiger partial charge is 0.408 e.